The standard InChI is InChI=1S/C20H29N3O2.ClH/c1-20(13-21,16-10-11-16)23-19(25)15-8-5-9-17(12-15)22-18(24)14-6-3-2-4-7-14;/h5,8-9,12,14,16H,2-4,6-7,10-11,13,21H2,1H3,(H,22,24)(H,23,25);1H. The van der Waals surface area contributed by atoms with Crippen molar-refractivity contribution < 1.29 is 9.59 Å². The van der Waals surface area contributed by atoms with Gasteiger partial charge in [-0.3, -0.25) is 9.59 Å². The Balaban J connectivity index is 0.00000243. The smallest absolute Gasteiger partial charge is 0.251 e. The molecule has 2 fully saturated rings. The molecule has 2 amide bonds. The highest BCUT2D eigenvalue weighted by Crippen LogP contribution is 2.39. The molecule has 3 rings (SSSR count). The zero-order chi connectivity index (χ0) is 17.9. The van der Waals surface area contributed by atoms with Gasteiger partial charge in [0.15, 0.2) is 0 Å². The summed E-state index contributed by atoms with van der Waals surface area (Å²) in [7, 11) is 0. The van der Waals surface area contributed by atoms with Gasteiger partial charge in [-0.05, 0) is 56.7 Å². The zero-order valence-corrected chi connectivity index (χ0v) is 16.2. The summed E-state index contributed by atoms with van der Waals surface area (Å²) in [4.78, 5) is 25.0. The van der Waals surface area contributed by atoms with Crippen molar-refractivity contribution in [3.05, 3.63) is 29.8 Å². The zero-order valence-electron chi connectivity index (χ0n) is 15.4. The fourth-order valence-electron chi connectivity index (χ4n) is 3.72. The van der Waals surface area contributed by atoms with E-state index in [9.17, 15) is 9.59 Å². The molecule has 4 N–H and O–H groups in total. The number of halogens is 1. The van der Waals surface area contributed by atoms with Gasteiger partial charge in [-0.15, -0.1) is 12.4 Å². The SMILES string of the molecule is CC(CN)(NC(=O)c1cccc(NC(=O)C2CCCCC2)c1)C1CC1.Cl. The average molecular weight is 380 g/mol. The fourth-order valence-corrected chi connectivity index (χ4v) is 3.72. The second-order valence-corrected chi connectivity index (χ2v) is 7.75. The fraction of sp³-hybridized carbons (Fsp3) is 0.600. The first-order chi connectivity index (χ1) is 12.0. The molecule has 1 unspecified atom stereocenters. The lowest BCUT2D eigenvalue weighted by Crippen LogP contribution is -2.53. The number of anilines is 1. The summed E-state index contributed by atoms with van der Waals surface area (Å²) in [6.45, 7) is 2.44. The maximum absolute atomic E-state index is 12.6. The Morgan fingerprint density at radius 3 is 2.46 bits per heavy atom. The molecule has 0 bridgehead atoms. The molecule has 1 aromatic carbocycles. The minimum Gasteiger partial charge on any atom is -0.345 e. The number of carbonyl (C=O) groups excluding carboxylic acids is 2. The van der Waals surface area contributed by atoms with E-state index in [4.69, 9.17) is 5.73 Å². The monoisotopic (exact) mass is 379 g/mol. The van der Waals surface area contributed by atoms with E-state index in [0.717, 1.165) is 38.5 Å². The van der Waals surface area contributed by atoms with E-state index >= 15 is 0 Å². The van der Waals surface area contributed by atoms with Gasteiger partial charge in [-0.1, -0.05) is 25.3 Å². The Labute approximate surface area is 161 Å². The van der Waals surface area contributed by atoms with Gasteiger partial charge < -0.3 is 16.4 Å². The lowest BCUT2D eigenvalue weighted by atomic mass is 9.88. The first kappa shape index (κ1) is 20.7. The van der Waals surface area contributed by atoms with Gasteiger partial charge in [0.25, 0.3) is 5.91 Å². The van der Waals surface area contributed by atoms with Crippen molar-refractivity contribution in [2.24, 2.45) is 17.6 Å². The lowest BCUT2D eigenvalue weighted by Gasteiger charge is -2.29. The number of nitrogens with two attached hydrogens (primary N) is 1. The number of carbonyl (C=O) groups is 2. The van der Waals surface area contributed by atoms with Gasteiger partial charge in [0.1, 0.15) is 0 Å². The molecule has 1 atom stereocenters. The van der Waals surface area contributed by atoms with Crippen LogP contribution in [0.2, 0.25) is 0 Å². The quantitative estimate of drug-likeness (QED) is 0.707. The number of hydrogen-bond acceptors (Lipinski definition) is 3. The number of rotatable bonds is 6. The van der Waals surface area contributed by atoms with E-state index < -0.39 is 0 Å². The van der Waals surface area contributed by atoms with Crippen LogP contribution in [0, 0.1) is 11.8 Å². The van der Waals surface area contributed by atoms with E-state index in [1.807, 2.05) is 19.1 Å². The van der Waals surface area contributed by atoms with E-state index in [1.165, 1.54) is 6.42 Å². The summed E-state index contributed by atoms with van der Waals surface area (Å²) < 4.78 is 0. The molecule has 0 heterocycles. The molecule has 2 saturated carbocycles. The van der Waals surface area contributed by atoms with Gasteiger partial charge >= 0.3 is 0 Å². The molecule has 0 spiro atoms. The van der Waals surface area contributed by atoms with Crippen molar-refractivity contribution in [2.45, 2.75) is 57.4 Å². The van der Waals surface area contributed by atoms with E-state index in [2.05, 4.69) is 10.6 Å². The molecule has 26 heavy (non-hydrogen) atoms. The molecule has 144 valence electrons. The molecule has 0 saturated heterocycles. The topological polar surface area (TPSA) is 84.2 Å². The number of hydrogen-bond donors (Lipinski definition) is 3. The van der Waals surface area contributed by atoms with Crippen LogP contribution in [-0.4, -0.2) is 23.9 Å². The van der Waals surface area contributed by atoms with Crippen molar-refractivity contribution in [3.8, 4) is 0 Å². The van der Waals surface area contributed by atoms with Gasteiger partial charge in [0, 0.05) is 23.7 Å². The second-order valence-electron chi connectivity index (χ2n) is 7.75. The summed E-state index contributed by atoms with van der Waals surface area (Å²) in [6, 6.07) is 7.16. The maximum Gasteiger partial charge on any atom is 0.251 e. The normalized spacial score (nSPS) is 19.8. The molecule has 2 aliphatic carbocycles. The predicted molar refractivity (Wildman–Crippen MR) is 107 cm³/mol. The van der Waals surface area contributed by atoms with Crippen molar-refractivity contribution in [2.75, 3.05) is 11.9 Å². The molecular weight excluding hydrogens is 350 g/mol. The van der Waals surface area contributed by atoms with Crippen molar-refractivity contribution in [1.29, 1.82) is 0 Å². The highest BCUT2D eigenvalue weighted by Gasteiger charge is 2.41. The van der Waals surface area contributed by atoms with Crippen LogP contribution in [0.4, 0.5) is 5.69 Å². The summed E-state index contributed by atoms with van der Waals surface area (Å²) in [6.07, 6.45) is 7.63. The van der Waals surface area contributed by atoms with E-state index in [0.29, 0.717) is 23.7 Å². The van der Waals surface area contributed by atoms with Crippen molar-refractivity contribution >= 4 is 29.9 Å². The molecule has 0 aromatic heterocycles. The molecule has 5 nitrogen and oxygen atoms in total. The minimum absolute atomic E-state index is 0. The van der Waals surface area contributed by atoms with Crippen molar-refractivity contribution in [3.63, 3.8) is 0 Å². The Morgan fingerprint density at radius 1 is 1.15 bits per heavy atom. The third-order valence-corrected chi connectivity index (χ3v) is 5.67. The van der Waals surface area contributed by atoms with Gasteiger partial charge in [-0.2, -0.15) is 0 Å². The third kappa shape index (κ3) is 4.98. The van der Waals surface area contributed by atoms with E-state index in [-0.39, 0.29) is 35.7 Å². The van der Waals surface area contributed by atoms with Crippen LogP contribution in [-0.2, 0) is 4.79 Å². The molecule has 0 aliphatic heterocycles. The van der Waals surface area contributed by atoms with Gasteiger partial charge in [0.05, 0.1) is 5.54 Å². The van der Waals surface area contributed by atoms with Crippen LogP contribution in [0.5, 0.6) is 0 Å². The molecule has 2 aliphatic rings. The number of nitrogens with one attached hydrogen (secondary N) is 2. The highest BCUT2D eigenvalue weighted by atomic mass is 35.5. The minimum atomic E-state index is -0.349. The summed E-state index contributed by atoms with van der Waals surface area (Å²) in [5.74, 6) is 0.507. The van der Waals surface area contributed by atoms with Gasteiger partial charge in [-0.25, -0.2) is 0 Å². The van der Waals surface area contributed by atoms with Crippen LogP contribution < -0.4 is 16.4 Å². The number of amides is 2. The maximum atomic E-state index is 12.6. The lowest BCUT2D eigenvalue weighted by molar-refractivity contribution is -0.120. The third-order valence-electron chi connectivity index (χ3n) is 5.67. The average Bonchev–Trinajstić information content (AvgIpc) is 3.48. The molecule has 6 heteroatoms. The van der Waals surface area contributed by atoms with Crippen LogP contribution in [0.3, 0.4) is 0 Å². The second kappa shape index (κ2) is 8.87. The van der Waals surface area contributed by atoms with E-state index in [1.54, 1.807) is 12.1 Å². The Bertz CT molecular complexity index is 642. The summed E-state index contributed by atoms with van der Waals surface area (Å²) >= 11 is 0. The van der Waals surface area contributed by atoms with Gasteiger partial charge in [0.2, 0.25) is 5.91 Å². The van der Waals surface area contributed by atoms with Crippen LogP contribution in [0.15, 0.2) is 24.3 Å². The first-order valence-electron chi connectivity index (χ1n) is 9.45. The Hall–Kier alpha value is -1.59. The van der Waals surface area contributed by atoms with Crippen molar-refractivity contribution in [1.82, 2.24) is 5.32 Å². The summed E-state index contributed by atoms with van der Waals surface area (Å²) in [5, 5.41) is 6.06. The molecule has 1 aromatic rings. The predicted octanol–water partition coefficient (Wildman–Crippen LogP) is 3.48. The van der Waals surface area contributed by atoms with Crippen LogP contribution in [0.25, 0.3) is 0 Å². The number of benzene rings is 1. The largest absolute Gasteiger partial charge is 0.345 e. The molecular formula is C20H30ClN3O2. The Morgan fingerprint density at radius 2 is 1.85 bits per heavy atom. The Kier molecular flexibility index (Phi) is 7.07. The van der Waals surface area contributed by atoms with Crippen LogP contribution in [0.1, 0.15) is 62.2 Å². The van der Waals surface area contributed by atoms with Crippen LogP contribution >= 0.6 is 12.4 Å². The summed E-state index contributed by atoms with van der Waals surface area (Å²) in [5.41, 5.74) is 6.77. The highest BCUT2D eigenvalue weighted by molar-refractivity contribution is 5.98. The first-order valence-corrected chi connectivity index (χ1v) is 9.45. The molecule has 0 radical (unpaired) electrons.